The molecule has 0 unspecified atom stereocenters. The molecule has 28 heavy (non-hydrogen) atoms. The van der Waals surface area contributed by atoms with E-state index < -0.39 is 21.5 Å². The van der Waals surface area contributed by atoms with Crippen LogP contribution in [0.3, 0.4) is 0 Å². The highest BCUT2D eigenvalue weighted by Gasteiger charge is 2.42. The first-order valence-corrected chi connectivity index (χ1v) is 10.1. The molecule has 1 saturated heterocycles. The van der Waals surface area contributed by atoms with E-state index in [1.54, 1.807) is 14.0 Å². The summed E-state index contributed by atoms with van der Waals surface area (Å²) in [6.07, 6.45) is 1.57. The van der Waals surface area contributed by atoms with Crippen LogP contribution in [0.15, 0.2) is 35.4 Å². The topological polar surface area (TPSA) is 110 Å². The van der Waals surface area contributed by atoms with Gasteiger partial charge in [-0.15, -0.1) is 0 Å². The SMILES string of the molecule is Cc1cc(NC(=O)c2cc(S(=O)(=O)NC3(CCO)COC3)cn2C)ccc1F. The molecule has 0 saturated carbocycles. The zero-order valence-corrected chi connectivity index (χ0v) is 16.3. The number of ether oxygens (including phenoxy) is 1. The summed E-state index contributed by atoms with van der Waals surface area (Å²) in [6, 6.07) is 5.43. The lowest BCUT2D eigenvalue weighted by atomic mass is 9.95. The van der Waals surface area contributed by atoms with Gasteiger partial charge in [0.15, 0.2) is 0 Å². The molecule has 1 aromatic heterocycles. The summed E-state index contributed by atoms with van der Waals surface area (Å²) in [6.45, 7) is 1.76. The summed E-state index contributed by atoms with van der Waals surface area (Å²) in [5.41, 5.74) is 0.0796. The molecule has 2 heterocycles. The highest BCUT2D eigenvalue weighted by atomic mass is 32.2. The lowest BCUT2D eigenvalue weighted by molar-refractivity contribution is -0.0720. The Balaban J connectivity index is 1.79. The van der Waals surface area contributed by atoms with Gasteiger partial charge in [-0.3, -0.25) is 4.79 Å². The first-order chi connectivity index (χ1) is 13.2. The number of aliphatic hydroxyl groups excluding tert-OH is 1. The average molecular weight is 411 g/mol. The molecule has 8 nitrogen and oxygen atoms in total. The third-order valence-corrected chi connectivity index (χ3v) is 6.18. The molecule has 0 spiro atoms. The molecule has 2 aromatic rings. The van der Waals surface area contributed by atoms with Crippen LogP contribution in [0.1, 0.15) is 22.5 Å². The van der Waals surface area contributed by atoms with Crippen LogP contribution in [0.5, 0.6) is 0 Å². The van der Waals surface area contributed by atoms with Crippen molar-refractivity contribution in [2.75, 3.05) is 25.1 Å². The van der Waals surface area contributed by atoms with Crippen LogP contribution in [0, 0.1) is 12.7 Å². The number of aromatic nitrogens is 1. The third-order valence-electron chi connectivity index (χ3n) is 4.64. The normalized spacial score (nSPS) is 15.9. The van der Waals surface area contributed by atoms with E-state index >= 15 is 0 Å². The van der Waals surface area contributed by atoms with E-state index in [0.717, 1.165) is 0 Å². The molecule has 1 aliphatic heterocycles. The number of hydrogen-bond acceptors (Lipinski definition) is 5. The van der Waals surface area contributed by atoms with Gasteiger partial charge >= 0.3 is 0 Å². The Morgan fingerprint density at radius 2 is 2.07 bits per heavy atom. The van der Waals surface area contributed by atoms with Crippen molar-refractivity contribution in [1.29, 1.82) is 0 Å². The number of nitrogens with zero attached hydrogens (tertiary/aromatic N) is 1. The van der Waals surface area contributed by atoms with Crippen LogP contribution in [-0.2, 0) is 21.8 Å². The number of rotatable bonds is 7. The van der Waals surface area contributed by atoms with Crippen LogP contribution < -0.4 is 10.0 Å². The van der Waals surface area contributed by atoms with Crippen LogP contribution in [0.4, 0.5) is 10.1 Å². The predicted molar refractivity (Wildman–Crippen MR) is 100 cm³/mol. The van der Waals surface area contributed by atoms with Gasteiger partial charge < -0.3 is 19.7 Å². The van der Waals surface area contributed by atoms with E-state index in [0.29, 0.717) is 11.3 Å². The molecule has 152 valence electrons. The van der Waals surface area contributed by atoms with Gasteiger partial charge in [-0.1, -0.05) is 0 Å². The van der Waals surface area contributed by atoms with E-state index in [1.807, 2.05) is 0 Å². The Morgan fingerprint density at radius 1 is 1.36 bits per heavy atom. The van der Waals surface area contributed by atoms with Gasteiger partial charge in [-0.25, -0.2) is 17.5 Å². The molecular formula is C18H22FN3O5S. The second-order valence-corrected chi connectivity index (χ2v) is 8.62. The van der Waals surface area contributed by atoms with Crippen molar-refractivity contribution in [2.24, 2.45) is 7.05 Å². The van der Waals surface area contributed by atoms with Crippen LogP contribution in [0.25, 0.3) is 0 Å². The Morgan fingerprint density at radius 3 is 2.64 bits per heavy atom. The Kier molecular flexibility index (Phi) is 5.57. The molecule has 0 radical (unpaired) electrons. The predicted octanol–water partition coefficient (Wildman–Crippen LogP) is 1.15. The minimum Gasteiger partial charge on any atom is -0.396 e. The number of hydrogen-bond donors (Lipinski definition) is 3. The third kappa shape index (κ3) is 4.09. The quantitative estimate of drug-likeness (QED) is 0.633. The number of halogens is 1. The Bertz CT molecular complexity index is 999. The van der Waals surface area contributed by atoms with Gasteiger partial charge in [0.05, 0.1) is 18.8 Å². The van der Waals surface area contributed by atoms with Crippen LogP contribution >= 0.6 is 0 Å². The number of anilines is 1. The number of aryl methyl sites for hydroxylation is 2. The molecule has 1 aromatic carbocycles. The summed E-state index contributed by atoms with van der Waals surface area (Å²) in [4.78, 5) is 12.5. The first-order valence-electron chi connectivity index (χ1n) is 8.62. The van der Waals surface area contributed by atoms with Crippen molar-refractivity contribution < 1.29 is 27.4 Å². The van der Waals surface area contributed by atoms with Crippen molar-refractivity contribution in [2.45, 2.75) is 23.8 Å². The molecule has 3 rings (SSSR count). The molecule has 1 fully saturated rings. The fourth-order valence-electron chi connectivity index (χ4n) is 2.99. The van der Waals surface area contributed by atoms with Crippen molar-refractivity contribution in [3.63, 3.8) is 0 Å². The number of carbonyl (C=O) groups is 1. The Labute approximate surface area is 162 Å². The van der Waals surface area contributed by atoms with Crippen molar-refractivity contribution in [3.8, 4) is 0 Å². The zero-order chi connectivity index (χ0) is 20.5. The van der Waals surface area contributed by atoms with E-state index in [4.69, 9.17) is 9.84 Å². The maximum atomic E-state index is 13.4. The summed E-state index contributed by atoms with van der Waals surface area (Å²) < 4.78 is 47.8. The second-order valence-electron chi connectivity index (χ2n) is 6.94. The Hall–Kier alpha value is -2.27. The minimum absolute atomic E-state index is 0.0698. The average Bonchev–Trinajstić information content (AvgIpc) is 2.99. The molecule has 0 aliphatic carbocycles. The molecular weight excluding hydrogens is 389 g/mol. The van der Waals surface area contributed by atoms with Crippen molar-refractivity contribution in [1.82, 2.24) is 9.29 Å². The smallest absolute Gasteiger partial charge is 0.272 e. The largest absolute Gasteiger partial charge is 0.396 e. The number of benzene rings is 1. The summed E-state index contributed by atoms with van der Waals surface area (Å²) in [7, 11) is -2.36. The van der Waals surface area contributed by atoms with Gasteiger partial charge in [-0.2, -0.15) is 0 Å². The fraction of sp³-hybridized carbons (Fsp3) is 0.389. The first kappa shape index (κ1) is 20.5. The zero-order valence-electron chi connectivity index (χ0n) is 15.5. The van der Waals surface area contributed by atoms with Gasteiger partial charge in [0, 0.05) is 25.5 Å². The van der Waals surface area contributed by atoms with Crippen LogP contribution in [-0.4, -0.2) is 49.4 Å². The molecule has 10 heteroatoms. The molecule has 1 amide bonds. The summed E-state index contributed by atoms with van der Waals surface area (Å²) >= 11 is 0. The molecule has 0 atom stereocenters. The van der Waals surface area contributed by atoms with Crippen LogP contribution in [0.2, 0.25) is 0 Å². The standard InChI is InChI=1S/C18H22FN3O5S/c1-12-7-13(3-4-15(12)19)20-17(24)16-8-14(9-22(16)2)28(25,26)21-18(5-6-23)10-27-11-18/h3-4,7-9,21,23H,5-6,10-11H2,1-2H3,(H,20,24). The number of carbonyl (C=O) groups excluding carboxylic acids is 1. The van der Waals surface area contributed by atoms with E-state index in [-0.39, 0.29) is 42.6 Å². The second kappa shape index (κ2) is 7.63. The van der Waals surface area contributed by atoms with Crippen molar-refractivity contribution >= 4 is 21.6 Å². The summed E-state index contributed by atoms with van der Waals surface area (Å²) in [5.74, 6) is -0.903. The monoisotopic (exact) mass is 411 g/mol. The fourth-order valence-corrected chi connectivity index (χ4v) is 4.46. The van der Waals surface area contributed by atoms with E-state index in [2.05, 4.69) is 10.0 Å². The molecule has 3 N–H and O–H groups in total. The number of aliphatic hydroxyl groups is 1. The van der Waals surface area contributed by atoms with E-state index in [9.17, 15) is 17.6 Å². The minimum atomic E-state index is -3.91. The lowest BCUT2D eigenvalue weighted by Gasteiger charge is -2.41. The van der Waals surface area contributed by atoms with Crippen molar-refractivity contribution in [3.05, 3.63) is 47.5 Å². The number of nitrogens with one attached hydrogen (secondary N) is 2. The summed E-state index contributed by atoms with van der Waals surface area (Å²) in [5, 5.41) is 11.8. The van der Waals surface area contributed by atoms with E-state index in [1.165, 1.54) is 35.0 Å². The molecule has 1 aliphatic rings. The maximum absolute atomic E-state index is 13.4. The van der Waals surface area contributed by atoms with Gasteiger partial charge in [0.1, 0.15) is 16.4 Å². The number of sulfonamides is 1. The highest BCUT2D eigenvalue weighted by Crippen LogP contribution is 2.25. The molecule has 0 bridgehead atoms. The van der Waals surface area contributed by atoms with Gasteiger partial charge in [0.2, 0.25) is 10.0 Å². The maximum Gasteiger partial charge on any atom is 0.272 e. The highest BCUT2D eigenvalue weighted by molar-refractivity contribution is 7.89. The lowest BCUT2D eigenvalue weighted by Crippen LogP contribution is -2.62. The number of amides is 1. The van der Waals surface area contributed by atoms with Gasteiger partial charge in [-0.05, 0) is 43.2 Å². The van der Waals surface area contributed by atoms with Gasteiger partial charge in [0.25, 0.3) is 5.91 Å².